The minimum atomic E-state index is -1.04. The Morgan fingerprint density at radius 2 is 1.69 bits per heavy atom. The maximum absolute atomic E-state index is 10.5. The molecule has 0 radical (unpaired) electrons. The van der Waals surface area contributed by atoms with Crippen LogP contribution < -0.4 is 34.7 Å². The van der Waals surface area contributed by atoms with Gasteiger partial charge < -0.3 is 15.4 Å². The quantitative estimate of drug-likeness (QED) is 0.523. The Bertz CT molecular complexity index is 477. The summed E-state index contributed by atoms with van der Waals surface area (Å²) in [6.45, 7) is 0. The summed E-state index contributed by atoms with van der Waals surface area (Å²) in [5.74, 6) is -1.04. The van der Waals surface area contributed by atoms with Gasteiger partial charge in [0.05, 0.1) is 0 Å². The number of hydrogen-bond acceptors (Lipinski definition) is 2. The first-order chi connectivity index (χ1) is 6.77. The van der Waals surface area contributed by atoms with Crippen LogP contribution in [0.1, 0.15) is 5.56 Å². The van der Waals surface area contributed by atoms with Crippen LogP contribution >= 0.6 is 0 Å². The van der Waals surface area contributed by atoms with Crippen molar-refractivity contribution in [2.45, 2.75) is 6.42 Å². The number of fused-ring (bicyclic) bond motifs is 1. The van der Waals surface area contributed by atoms with Crippen LogP contribution in [0, 0.1) is 0 Å². The molecule has 0 heterocycles. The smallest absolute Gasteiger partial charge is 0.550 e. The maximum Gasteiger partial charge on any atom is 1.00 e. The Morgan fingerprint density at radius 1 is 1.06 bits per heavy atom. The van der Waals surface area contributed by atoms with Gasteiger partial charge in [-0.05, 0) is 16.3 Å². The molecule has 0 unspecified atom stereocenters. The van der Waals surface area contributed by atoms with Crippen molar-refractivity contribution in [3.63, 3.8) is 0 Å². The second-order valence-electron chi connectivity index (χ2n) is 3.19. The van der Waals surface area contributed by atoms with Gasteiger partial charge in [0.15, 0.2) is 0 Å². The molecule has 78 valence electrons. The van der Waals surface area contributed by atoms with Crippen molar-refractivity contribution >= 4 is 16.7 Å². The van der Waals surface area contributed by atoms with E-state index >= 15 is 0 Å². The zero-order chi connectivity index (χ0) is 9.97. The molecular weight excluding hydrogens is 215 g/mol. The Hall–Kier alpha value is -0.870. The average Bonchev–Trinajstić information content (AvgIpc) is 2.18. The van der Waals surface area contributed by atoms with E-state index in [2.05, 4.69) is 0 Å². The molecule has 0 aliphatic heterocycles. The number of rotatable bonds is 2. The molecule has 0 amide bonds. The fraction of sp³-hybridized carbons (Fsp3) is 0.0833. The Kier molecular flexibility index (Phi) is 6.29. The van der Waals surface area contributed by atoms with Crippen molar-refractivity contribution in [2.24, 2.45) is 0 Å². The first kappa shape index (κ1) is 15.1. The first-order valence-corrected chi connectivity index (χ1v) is 4.44. The van der Waals surface area contributed by atoms with Crippen LogP contribution in [0.5, 0.6) is 0 Å². The summed E-state index contributed by atoms with van der Waals surface area (Å²) in [7, 11) is 0. The summed E-state index contributed by atoms with van der Waals surface area (Å²) in [6, 6.07) is 13.4. The van der Waals surface area contributed by atoms with Crippen molar-refractivity contribution in [2.75, 3.05) is 0 Å². The van der Waals surface area contributed by atoms with E-state index in [-0.39, 0.29) is 41.5 Å². The predicted octanol–water partition coefficient (Wildman–Crippen LogP) is -2.69. The molecule has 0 fully saturated rings. The standard InChI is InChI=1S/C12H10O2.Na.H2O/c13-12(14)8-10-6-3-5-9-4-1-2-7-11(9)10;;/h1-7H,8H2,(H,13,14);;1H2/q;+1;/p-1. The molecule has 0 spiro atoms. The van der Waals surface area contributed by atoms with Gasteiger partial charge in [-0.25, -0.2) is 0 Å². The van der Waals surface area contributed by atoms with Gasteiger partial charge in [0.1, 0.15) is 0 Å². The molecule has 3 nitrogen and oxygen atoms in total. The second-order valence-corrected chi connectivity index (χ2v) is 3.19. The third-order valence-electron chi connectivity index (χ3n) is 2.21. The summed E-state index contributed by atoms with van der Waals surface area (Å²) in [5.41, 5.74) is 0.808. The Labute approximate surface area is 116 Å². The minimum absolute atomic E-state index is 0. The van der Waals surface area contributed by atoms with Crippen molar-refractivity contribution in [3.8, 4) is 0 Å². The van der Waals surface area contributed by atoms with Gasteiger partial charge in [0, 0.05) is 12.4 Å². The van der Waals surface area contributed by atoms with E-state index in [1.54, 1.807) is 0 Å². The topological polar surface area (TPSA) is 71.6 Å². The van der Waals surface area contributed by atoms with Crippen LogP contribution in [-0.2, 0) is 11.2 Å². The van der Waals surface area contributed by atoms with E-state index in [1.807, 2.05) is 42.5 Å². The van der Waals surface area contributed by atoms with Crippen LogP contribution in [0.15, 0.2) is 42.5 Å². The third-order valence-corrected chi connectivity index (χ3v) is 2.21. The molecule has 0 aromatic heterocycles. The molecule has 4 heteroatoms. The van der Waals surface area contributed by atoms with Crippen LogP contribution in [0.3, 0.4) is 0 Å². The molecule has 0 aliphatic rings. The number of benzene rings is 2. The Balaban J connectivity index is 0.00000112. The monoisotopic (exact) mass is 226 g/mol. The fourth-order valence-electron chi connectivity index (χ4n) is 1.60. The normalized spacial score (nSPS) is 9.00. The van der Waals surface area contributed by atoms with E-state index in [0.717, 1.165) is 16.3 Å². The molecule has 0 saturated heterocycles. The third kappa shape index (κ3) is 3.32. The van der Waals surface area contributed by atoms with E-state index < -0.39 is 5.97 Å². The fourth-order valence-corrected chi connectivity index (χ4v) is 1.60. The summed E-state index contributed by atoms with van der Waals surface area (Å²) < 4.78 is 0. The van der Waals surface area contributed by atoms with Crippen molar-refractivity contribution < 1.29 is 44.9 Å². The molecule has 0 atom stereocenters. The molecule has 2 rings (SSSR count). The van der Waals surface area contributed by atoms with E-state index in [0.29, 0.717) is 0 Å². The summed E-state index contributed by atoms with van der Waals surface area (Å²) in [4.78, 5) is 10.5. The molecule has 2 N–H and O–H groups in total. The number of hydrogen-bond donors (Lipinski definition) is 0. The Morgan fingerprint density at radius 3 is 2.38 bits per heavy atom. The first-order valence-electron chi connectivity index (χ1n) is 4.44. The van der Waals surface area contributed by atoms with Crippen molar-refractivity contribution in [3.05, 3.63) is 48.0 Å². The van der Waals surface area contributed by atoms with Crippen LogP contribution in [0.4, 0.5) is 0 Å². The van der Waals surface area contributed by atoms with Gasteiger partial charge in [-0.1, -0.05) is 42.5 Å². The molecule has 16 heavy (non-hydrogen) atoms. The number of carbonyl (C=O) groups excluding carboxylic acids is 1. The number of aliphatic carboxylic acids is 1. The van der Waals surface area contributed by atoms with Gasteiger partial charge in [-0.2, -0.15) is 0 Å². The van der Waals surface area contributed by atoms with Gasteiger partial charge in [0.2, 0.25) is 0 Å². The van der Waals surface area contributed by atoms with E-state index in [9.17, 15) is 9.90 Å². The van der Waals surface area contributed by atoms with Crippen LogP contribution in [0.25, 0.3) is 10.8 Å². The maximum atomic E-state index is 10.5. The SMILES string of the molecule is O.O=C([O-])Cc1cccc2ccccc12.[Na+]. The molecular formula is C12H11NaO3. The summed E-state index contributed by atoms with van der Waals surface area (Å²) >= 11 is 0. The molecule has 0 saturated carbocycles. The van der Waals surface area contributed by atoms with Gasteiger partial charge in [-0.3, -0.25) is 0 Å². The van der Waals surface area contributed by atoms with Crippen molar-refractivity contribution in [1.82, 2.24) is 0 Å². The van der Waals surface area contributed by atoms with E-state index in [4.69, 9.17) is 0 Å². The molecule has 2 aromatic rings. The van der Waals surface area contributed by atoms with Gasteiger partial charge >= 0.3 is 29.6 Å². The zero-order valence-corrected chi connectivity index (χ0v) is 11.1. The second kappa shape index (κ2) is 6.66. The molecule has 0 aliphatic carbocycles. The van der Waals surface area contributed by atoms with Crippen LogP contribution in [0.2, 0.25) is 0 Å². The average molecular weight is 226 g/mol. The zero-order valence-electron chi connectivity index (χ0n) is 9.07. The largest absolute Gasteiger partial charge is 1.00 e. The number of carbonyl (C=O) groups is 1. The summed E-state index contributed by atoms with van der Waals surface area (Å²) in [6.07, 6.45) is -0.0264. The predicted molar refractivity (Wildman–Crippen MR) is 56.3 cm³/mol. The van der Waals surface area contributed by atoms with Crippen LogP contribution in [-0.4, -0.2) is 11.4 Å². The van der Waals surface area contributed by atoms with Crippen molar-refractivity contribution in [1.29, 1.82) is 0 Å². The minimum Gasteiger partial charge on any atom is -0.550 e. The van der Waals surface area contributed by atoms with Gasteiger partial charge in [-0.15, -0.1) is 0 Å². The summed E-state index contributed by atoms with van der Waals surface area (Å²) in [5, 5.41) is 12.5. The van der Waals surface area contributed by atoms with Gasteiger partial charge in [0.25, 0.3) is 0 Å². The van der Waals surface area contributed by atoms with E-state index in [1.165, 1.54) is 0 Å². The molecule has 2 aromatic carbocycles. The molecule has 0 bridgehead atoms. The number of carboxylic acid groups (broad SMARTS) is 1. The number of carboxylic acids is 1.